The molecule has 3 rings (SSSR count). The van der Waals surface area contributed by atoms with Gasteiger partial charge in [0.15, 0.2) is 23.0 Å². The van der Waals surface area contributed by atoms with Crippen LogP contribution in [0.25, 0.3) is 23.0 Å². The molecule has 0 saturated heterocycles. The molecule has 0 aliphatic rings. The van der Waals surface area contributed by atoms with Crippen molar-refractivity contribution in [2.45, 2.75) is 0 Å². The quantitative estimate of drug-likeness (QED) is 0.537. The van der Waals surface area contributed by atoms with Crippen molar-refractivity contribution >= 4 is 11.6 Å². The second-order valence-corrected chi connectivity index (χ2v) is 3.04. The van der Waals surface area contributed by atoms with Crippen LogP contribution >= 0.6 is 0 Å². The number of nitrogens with zero attached hydrogens (tertiary/aromatic N) is 8. The van der Waals surface area contributed by atoms with Crippen molar-refractivity contribution in [2.24, 2.45) is 0 Å². The second kappa shape index (κ2) is 3.69. The van der Waals surface area contributed by atoms with Gasteiger partial charge < -0.3 is 11.5 Å². The lowest BCUT2D eigenvalue weighted by Gasteiger charge is -1.94. The maximum Gasteiger partial charge on any atom is 0.229 e. The Kier molecular flexibility index (Phi) is 2.05. The first-order chi connectivity index (χ1) is 8.75. The predicted octanol–water partition coefficient (Wildman–Crippen LogP) is -1.47. The van der Waals surface area contributed by atoms with Crippen molar-refractivity contribution in [3.05, 3.63) is 0 Å². The van der Waals surface area contributed by atoms with E-state index in [4.69, 9.17) is 11.5 Å². The summed E-state index contributed by atoms with van der Waals surface area (Å²) in [6, 6.07) is 0. The third-order valence-electron chi connectivity index (χ3n) is 1.93. The van der Waals surface area contributed by atoms with E-state index in [2.05, 4.69) is 50.3 Å². The van der Waals surface area contributed by atoms with Crippen molar-refractivity contribution in [3.8, 4) is 23.0 Å². The Morgan fingerprint density at radius 3 is 1.28 bits per heavy atom. The number of aromatic nitrogens is 8. The molecule has 18 heavy (non-hydrogen) atoms. The molecule has 3 aromatic heterocycles. The van der Waals surface area contributed by atoms with E-state index in [9.17, 15) is 0 Å². The third kappa shape index (κ3) is 1.48. The van der Waals surface area contributed by atoms with Gasteiger partial charge in [-0.25, -0.2) is 9.26 Å². The molecule has 0 atom stereocenters. The molecule has 12 heteroatoms. The molecule has 3 heterocycles. The van der Waals surface area contributed by atoms with Gasteiger partial charge in [-0.1, -0.05) is 0 Å². The number of hydrogen-bond acceptors (Lipinski definition) is 12. The van der Waals surface area contributed by atoms with Gasteiger partial charge in [-0.2, -0.15) is 0 Å². The highest BCUT2D eigenvalue weighted by atomic mass is 16.6. The van der Waals surface area contributed by atoms with Crippen molar-refractivity contribution in [3.63, 3.8) is 0 Å². The van der Waals surface area contributed by atoms with Crippen LogP contribution in [0.2, 0.25) is 0 Å². The van der Waals surface area contributed by atoms with E-state index in [-0.39, 0.29) is 34.7 Å². The van der Waals surface area contributed by atoms with Crippen LogP contribution < -0.4 is 11.5 Å². The van der Waals surface area contributed by atoms with Crippen LogP contribution in [-0.4, -0.2) is 41.0 Å². The minimum Gasteiger partial charge on any atom is -0.379 e. The highest BCUT2D eigenvalue weighted by Crippen LogP contribution is 2.19. The summed E-state index contributed by atoms with van der Waals surface area (Å²) in [6.45, 7) is 0. The van der Waals surface area contributed by atoms with Gasteiger partial charge in [-0.05, 0) is 20.6 Å². The fourth-order valence-electron chi connectivity index (χ4n) is 1.12. The van der Waals surface area contributed by atoms with E-state index < -0.39 is 0 Å². The lowest BCUT2D eigenvalue weighted by atomic mass is 10.4. The van der Waals surface area contributed by atoms with Crippen LogP contribution in [-0.2, 0) is 0 Å². The summed E-state index contributed by atoms with van der Waals surface area (Å²) < 4.78 is 8.81. The number of anilines is 2. The molecule has 3 aromatic rings. The van der Waals surface area contributed by atoms with Gasteiger partial charge in [0.1, 0.15) is 0 Å². The highest BCUT2D eigenvalue weighted by molar-refractivity contribution is 5.63. The van der Waals surface area contributed by atoms with E-state index in [1.54, 1.807) is 0 Å². The molecule has 0 aliphatic carbocycles. The molecule has 0 fully saturated rings. The maximum atomic E-state index is 5.47. The van der Waals surface area contributed by atoms with Crippen molar-refractivity contribution in [1.82, 2.24) is 41.0 Å². The fourth-order valence-corrected chi connectivity index (χ4v) is 1.12. The molecule has 0 aliphatic heterocycles. The molecule has 0 spiro atoms. The van der Waals surface area contributed by atoms with E-state index in [0.717, 1.165) is 0 Å². The van der Waals surface area contributed by atoms with Gasteiger partial charge in [0.25, 0.3) is 0 Å². The molecule has 0 aromatic carbocycles. The molecule has 90 valence electrons. The normalized spacial score (nSPS) is 10.7. The summed E-state index contributed by atoms with van der Waals surface area (Å²) in [4.78, 5) is 0. The molecule has 4 N–H and O–H groups in total. The average molecular weight is 248 g/mol. The van der Waals surface area contributed by atoms with Crippen LogP contribution in [0.15, 0.2) is 9.26 Å². The Balaban J connectivity index is 2.00. The van der Waals surface area contributed by atoms with Gasteiger partial charge in [-0.3, -0.25) is 0 Å². The molecular weight excluding hydrogens is 244 g/mol. The first-order valence-electron chi connectivity index (χ1n) is 4.50. The lowest BCUT2D eigenvalue weighted by molar-refractivity contribution is 0.309. The van der Waals surface area contributed by atoms with Crippen LogP contribution in [0.3, 0.4) is 0 Å². The number of nitrogen functional groups attached to an aromatic ring is 2. The zero-order valence-electron chi connectivity index (χ0n) is 8.55. The van der Waals surface area contributed by atoms with Crippen molar-refractivity contribution < 1.29 is 9.26 Å². The molecule has 0 saturated carbocycles. The topological polar surface area (TPSA) is 181 Å². The Morgan fingerprint density at radius 1 is 0.611 bits per heavy atom. The highest BCUT2D eigenvalue weighted by Gasteiger charge is 2.17. The summed E-state index contributed by atoms with van der Waals surface area (Å²) in [6.07, 6.45) is 0. The first kappa shape index (κ1) is 10.0. The zero-order valence-corrected chi connectivity index (χ0v) is 8.55. The maximum absolute atomic E-state index is 5.47. The Bertz CT molecular complexity index is 613. The number of hydrogen-bond donors (Lipinski definition) is 2. The predicted molar refractivity (Wildman–Crippen MR) is 53.0 cm³/mol. The number of rotatable bonds is 2. The largest absolute Gasteiger partial charge is 0.379 e. The third-order valence-corrected chi connectivity index (χ3v) is 1.93. The van der Waals surface area contributed by atoms with Crippen molar-refractivity contribution in [2.75, 3.05) is 11.5 Å². The minimum atomic E-state index is 0.0361. The van der Waals surface area contributed by atoms with Crippen molar-refractivity contribution in [1.29, 1.82) is 0 Å². The molecule has 12 nitrogen and oxygen atoms in total. The fraction of sp³-hybridized carbons (Fsp3) is 0. The minimum absolute atomic E-state index is 0.0361. The second-order valence-electron chi connectivity index (χ2n) is 3.04. The van der Waals surface area contributed by atoms with Gasteiger partial charge >= 0.3 is 0 Å². The number of nitrogens with two attached hydrogens (primary N) is 2. The summed E-state index contributed by atoms with van der Waals surface area (Å²) in [5.41, 5.74) is 11.2. The van der Waals surface area contributed by atoms with E-state index in [0.29, 0.717) is 0 Å². The van der Waals surface area contributed by atoms with Crippen LogP contribution in [0.1, 0.15) is 0 Å². The van der Waals surface area contributed by atoms with E-state index >= 15 is 0 Å². The van der Waals surface area contributed by atoms with E-state index in [1.165, 1.54) is 0 Å². The van der Waals surface area contributed by atoms with Gasteiger partial charge in [0, 0.05) is 0 Å². The summed E-state index contributed by atoms with van der Waals surface area (Å²) in [5, 5.41) is 28.8. The van der Waals surface area contributed by atoms with Gasteiger partial charge in [-0.15, -0.1) is 20.4 Å². The summed E-state index contributed by atoms with van der Waals surface area (Å²) in [7, 11) is 0. The first-order valence-corrected chi connectivity index (χ1v) is 4.50. The Hall–Kier alpha value is -3.18. The van der Waals surface area contributed by atoms with Gasteiger partial charge in [0.2, 0.25) is 11.6 Å². The summed E-state index contributed by atoms with van der Waals surface area (Å²) >= 11 is 0. The van der Waals surface area contributed by atoms with Gasteiger partial charge in [0.05, 0.1) is 0 Å². The Morgan fingerprint density at radius 2 is 1.00 bits per heavy atom. The molecular formula is C6H4N10O2. The Labute approximate surface area is 97.3 Å². The summed E-state index contributed by atoms with van der Waals surface area (Å²) in [5.74, 6) is 0.197. The van der Waals surface area contributed by atoms with Crippen LogP contribution in [0, 0.1) is 0 Å². The van der Waals surface area contributed by atoms with Crippen LogP contribution in [0.4, 0.5) is 11.6 Å². The monoisotopic (exact) mass is 248 g/mol. The lowest BCUT2D eigenvalue weighted by Crippen LogP contribution is -2.02. The molecule has 0 unspecified atom stereocenters. The molecule has 0 bridgehead atoms. The zero-order chi connectivity index (χ0) is 12.5. The average Bonchev–Trinajstić information content (AvgIpc) is 2.98. The molecule has 0 amide bonds. The van der Waals surface area contributed by atoms with Crippen LogP contribution in [0.5, 0.6) is 0 Å². The smallest absolute Gasteiger partial charge is 0.229 e. The SMILES string of the molecule is Nc1nonc1-c1nnc(-c2nonc2N)nn1. The standard InChI is InChI=1S/C6H4N10O2/c7-3-1(13-17-15-3)5-9-11-6(12-10-5)2-4(8)16-18-14-2/h(H2,7,15)(H2,8,16). The molecule has 0 radical (unpaired) electrons. The van der Waals surface area contributed by atoms with E-state index in [1.807, 2.05) is 0 Å².